The van der Waals surface area contributed by atoms with Gasteiger partial charge in [0.05, 0.1) is 6.42 Å². The van der Waals surface area contributed by atoms with E-state index in [2.05, 4.69) is 5.32 Å². The molecule has 0 heterocycles. The number of benzene rings is 1. The van der Waals surface area contributed by atoms with Gasteiger partial charge in [-0.2, -0.15) is 0 Å². The van der Waals surface area contributed by atoms with Gasteiger partial charge in [-0.1, -0.05) is 18.2 Å². The van der Waals surface area contributed by atoms with Crippen LogP contribution in [-0.4, -0.2) is 36.1 Å². The minimum Gasteiger partial charge on any atom is -0.481 e. The summed E-state index contributed by atoms with van der Waals surface area (Å²) in [6, 6.07) is 9.80. The Bertz CT molecular complexity index is 457. The van der Waals surface area contributed by atoms with Crippen LogP contribution in [-0.2, 0) is 9.59 Å². The zero-order valence-corrected chi connectivity index (χ0v) is 11.4. The van der Waals surface area contributed by atoms with Crippen molar-refractivity contribution in [3.05, 3.63) is 30.3 Å². The number of nitrogens with zero attached hydrogens (tertiary/aromatic N) is 1. The summed E-state index contributed by atoms with van der Waals surface area (Å²) in [5.41, 5.74) is 0.755. The van der Waals surface area contributed by atoms with Gasteiger partial charge in [0.25, 0.3) is 0 Å². The van der Waals surface area contributed by atoms with E-state index in [1.165, 1.54) is 12.8 Å². The molecule has 0 radical (unpaired) electrons. The van der Waals surface area contributed by atoms with E-state index in [0.717, 1.165) is 5.69 Å². The zero-order valence-electron chi connectivity index (χ0n) is 11.4. The Hall–Kier alpha value is -1.88. The summed E-state index contributed by atoms with van der Waals surface area (Å²) in [4.78, 5) is 24.5. The van der Waals surface area contributed by atoms with Gasteiger partial charge < -0.3 is 15.3 Å². The molecule has 0 atom stereocenters. The molecule has 1 aliphatic rings. The second-order valence-electron chi connectivity index (χ2n) is 5.00. The number of rotatable bonds is 8. The Kier molecular flexibility index (Phi) is 5.12. The molecule has 0 spiro atoms. The third kappa shape index (κ3) is 4.66. The smallest absolute Gasteiger partial charge is 0.305 e. The molecule has 20 heavy (non-hydrogen) atoms. The first-order chi connectivity index (χ1) is 9.66. The molecule has 1 aromatic rings. The molecule has 1 fully saturated rings. The van der Waals surface area contributed by atoms with Crippen LogP contribution in [0.5, 0.6) is 0 Å². The lowest BCUT2D eigenvalue weighted by Gasteiger charge is -2.22. The van der Waals surface area contributed by atoms with Crippen molar-refractivity contribution in [2.24, 2.45) is 0 Å². The summed E-state index contributed by atoms with van der Waals surface area (Å²) >= 11 is 0. The summed E-state index contributed by atoms with van der Waals surface area (Å²) in [5.74, 6) is -0.930. The number of carboxylic acid groups (broad SMARTS) is 1. The second-order valence-corrected chi connectivity index (χ2v) is 5.00. The van der Waals surface area contributed by atoms with Gasteiger partial charge in [0.2, 0.25) is 5.91 Å². The molecular weight excluding hydrogens is 256 g/mol. The SMILES string of the molecule is O=C(O)CCN(C(=O)CCNC1CC1)c1ccccc1. The van der Waals surface area contributed by atoms with Gasteiger partial charge in [0, 0.05) is 31.2 Å². The predicted octanol–water partition coefficient (Wildman–Crippen LogP) is 1.64. The largest absolute Gasteiger partial charge is 0.481 e. The van der Waals surface area contributed by atoms with Crippen molar-refractivity contribution in [3.63, 3.8) is 0 Å². The number of nitrogens with one attached hydrogen (secondary N) is 1. The highest BCUT2D eigenvalue weighted by molar-refractivity contribution is 5.93. The topological polar surface area (TPSA) is 69.6 Å². The third-order valence-electron chi connectivity index (χ3n) is 3.27. The van der Waals surface area contributed by atoms with Crippen molar-refractivity contribution in [3.8, 4) is 0 Å². The number of carboxylic acids is 1. The average molecular weight is 276 g/mol. The van der Waals surface area contributed by atoms with E-state index in [4.69, 9.17) is 5.11 Å². The zero-order chi connectivity index (χ0) is 14.4. The summed E-state index contributed by atoms with van der Waals surface area (Å²) in [6.07, 6.45) is 2.73. The minimum absolute atomic E-state index is 0.0365. The molecule has 1 saturated carbocycles. The molecule has 2 N–H and O–H groups in total. The summed E-state index contributed by atoms with van der Waals surface area (Å²) in [6.45, 7) is 0.863. The Labute approximate surface area is 118 Å². The number of amides is 1. The molecule has 0 unspecified atom stereocenters. The van der Waals surface area contributed by atoms with Gasteiger partial charge in [0.15, 0.2) is 0 Å². The van der Waals surface area contributed by atoms with E-state index in [9.17, 15) is 9.59 Å². The van der Waals surface area contributed by atoms with E-state index in [1.807, 2.05) is 30.3 Å². The van der Waals surface area contributed by atoms with Crippen molar-refractivity contribution in [1.29, 1.82) is 0 Å². The van der Waals surface area contributed by atoms with E-state index < -0.39 is 5.97 Å². The van der Waals surface area contributed by atoms with Crippen LogP contribution in [0.15, 0.2) is 30.3 Å². The van der Waals surface area contributed by atoms with Gasteiger partial charge in [-0.25, -0.2) is 0 Å². The predicted molar refractivity (Wildman–Crippen MR) is 76.7 cm³/mol. The lowest BCUT2D eigenvalue weighted by molar-refractivity contribution is -0.136. The first kappa shape index (κ1) is 14.5. The van der Waals surface area contributed by atoms with Gasteiger partial charge in [-0.15, -0.1) is 0 Å². The molecule has 108 valence electrons. The van der Waals surface area contributed by atoms with Crippen LogP contribution in [0.1, 0.15) is 25.7 Å². The van der Waals surface area contributed by atoms with Gasteiger partial charge in [-0.05, 0) is 25.0 Å². The van der Waals surface area contributed by atoms with Crippen LogP contribution in [0.3, 0.4) is 0 Å². The molecule has 5 nitrogen and oxygen atoms in total. The number of carbonyl (C=O) groups excluding carboxylic acids is 1. The maximum absolute atomic E-state index is 12.3. The highest BCUT2D eigenvalue weighted by Crippen LogP contribution is 2.19. The fraction of sp³-hybridized carbons (Fsp3) is 0.467. The van der Waals surface area contributed by atoms with E-state index >= 15 is 0 Å². The molecule has 1 amide bonds. The number of anilines is 1. The monoisotopic (exact) mass is 276 g/mol. The van der Waals surface area contributed by atoms with Crippen LogP contribution in [0.2, 0.25) is 0 Å². The lowest BCUT2D eigenvalue weighted by atomic mass is 10.2. The molecule has 5 heteroatoms. The maximum Gasteiger partial charge on any atom is 0.305 e. The fourth-order valence-corrected chi connectivity index (χ4v) is 2.02. The first-order valence-electron chi connectivity index (χ1n) is 6.97. The Balaban J connectivity index is 1.92. The molecule has 1 aromatic carbocycles. The third-order valence-corrected chi connectivity index (χ3v) is 3.27. The van der Waals surface area contributed by atoms with Gasteiger partial charge in [-0.3, -0.25) is 9.59 Å². The molecular formula is C15H20N2O3. The Morgan fingerprint density at radius 1 is 1.20 bits per heavy atom. The standard InChI is InChI=1S/C15H20N2O3/c18-14(8-10-16-12-6-7-12)17(11-9-15(19)20)13-4-2-1-3-5-13/h1-5,12,16H,6-11H2,(H,19,20). The number of hydrogen-bond acceptors (Lipinski definition) is 3. The quantitative estimate of drug-likeness (QED) is 0.757. The Morgan fingerprint density at radius 3 is 2.50 bits per heavy atom. The van der Waals surface area contributed by atoms with Crippen molar-refractivity contribution in [2.75, 3.05) is 18.0 Å². The number of carbonyl (C=O) groups is 2. The molecule has 1 aliphatic carbocycles. The minimum atomic E-state index is -0.894. The van der Waals surface area contributed by atoms with Gasteiger partial charge >= 0.3 is 5.97 Å². The molecule has 0 bridgehead atoms. The number of hydrogen-bond donors (Lipinski definition) is 2. The van der Waals surface area contributed by atoms with Crippen LogP contribution >= 0.6 is 0 Å². The maximum atomic E-state index is 12.3. The molecule has 0 saturated heterocycles. The Morgan fingerprint density at radius 2 is 1.90 bits per heavy atom. The fourth-order valence-electron chi connectivity index (χ4n) is 2.02. The van der Waals surface area contributed by atoms with Crippen LogP contribution in [0.25, 0.3) is 0 Å². The normalized spacial score (nSPS) is 14.0. The summed E-state index contributed by atoms with van der Waals surface area (Å²) < 4.78 is 0. The van der Waals surface area contributed by atoms with Gasteiger partial charge in [0.1, 0.15) is 0 Å². The van der Waals surface area contributed by atoms with E-state index in [-0.39, 0.29) is 18.9 Å². The van der Waals surface area contributed by atoms with E-state index in [1.54, 1.807) is 4.90 Å². The highest BCUT2D eigenvalue weighted by Gasteiger charge is 2.21. The van der Waals surface area contributed by atoms with Crippen molar-refractivity contribution in [1.82, 2.24) is 5.32 Å². The van der Waals surface area contributed by atoms with Crippen LogP contribution in [0, 0.1) is 0 Å². The van der Waals surface area contributed by atoms with Crippen molar-refractivity contribution < 1.29 is 14.7 Å². The van der Waals surface area contributed by atoms with E-state index in [0.29, 0.717) is 19.0 Å². The second kappa shape index (κ2) is 7.05. The van der Waals surface area contributed by atoms with Crippen LogP contribution in [0.4, 0.5) is 5.69 Å². The lowest BCUT2D eigenvalue weighted by Crippen LogP contribution is -2.35. The summed E-state index contributed by atoms with van der Waals surface area (Å²) in [7, 11) is 0. The van der Waals surface area contributed by atoms with Crippen molar-refractivity contribution >= 4 is 17.6 Å². The molecule has 2 rings (SSSR count). The number of para-hydroxylation sites is 1. The average Bonchev–Trinajstić information content (AvgIpc) is 3.24. The highest BCUT2D eigenvalue weighted by atomic mass is 16.4. The van der Waals surface area contributed by atoms with Crippen LogP contribution < -0.4 is 10.2 Å². The van der Waals surface area contributed by atoms with Crippen molar-refractivity contribution in [2.45, 2.75) is 31.7 Å². The number of aliphatic carboxylic acids is 1. The molecule has 0 aromatic heterocycles. The summed E-state index contributed by atoms with van der Waals surface area (Å²) in [5, 5.41) is 12.1. The first-order valence-corrected chi connectivity index (χ1v) is 6.97. The molecule has 0 aliphatic heterocycles.